The maximum absolute atomic E-state index is 13.1. The van der Waals surface area contributed by atoms with Gasteiger partial charge in [0.1, 0.15) is 11.8 Å². The predicted octanol–water partition coefficient (Wildman–Crippen LogP) is 5.27. The molecule has 1 heterocycles. The lowest BCUT2D eigenvalue weighted by molar-refractivity contribution is -0.147. The molecule has 1 saturated heterocycles. The first-order valence-electron chi connectivity index (χ1n) is 13.4. The van der Waals surface area contributed by atoms with Crippen LogP contribution in [0, 0.1) is 0 Å². The summed E-state index contributed by atoms with van der Waals surface area (Å²) in [7, 11) is 0. The van der Waals surface area contributed by atoms with E-state index in [1.54, 1.807) is 24.3 Å². The Morgan fingerprint density at radius 2 is 1.57 bits per heavy atom. The van der Waals surface area contributed by atoms with Gasteiger partial charge >= 0.3 is 5.97 Å². The Morgan fingerprint density at radius 3 is 2.17 bits per heavy atom. The van der Waals surface area contributed by atoms with E-state index in [0.717, 1.165) is 19.3 Å². The SMILES string of the molecule is CCCCCCCCCCCCOC(=O)CC1C(=O)NCCN1C(=O)c1ccc(OC(C)C)cc1. The van der Waals surface area contributed by atoms with Gasteiger partial charge in [0.15, 0.2) is 0 Å². The van der Waals surface area contributed by atoms with E-state index >= 15 is 0 Å². The van der Waals surface area contributed by atoms with Crippen LogP contribution in [-0.2, 0) is 14.3 Å². The van der Waals surface area contributed by atoms with E-state index < -0.39 is 12.0 Å². The fourth-order valence-corrected chi connectivity index (χ4v) is 4.27. The van der Waals surface area contributed by atoms with Crippen LogP contribution in [0.2, 0.25) is 0 Å². The minimum absolute atomic E-state index is 0.0399. The van der Waals surface area contributed by atoms with Crippen LogP contribution in [0.4, 0.5) is 0 Å². The van der Waals surface area contributed by atoms with Gasteiger partial charge in [-0.2, -0.15) is 0 Å². The van der Waals surface area contributed by atoms with Crippen molar-refractivity contribution in [2.45, 2.75) is 104 Å². The summed E-state index contributed by atoms with van der Waals surface area (Å²) in [4.78, 5) is 39.4. The molecule has 0 aliphatic carbocycles. The number of piperazine rings is 1. The van der Waals surface area contributed by atoms with Crippen molar-refractivity contribution in [1.82, 2.24) is 10.2 Å². The van der Waals surface area contributed by atoms with Gasteiger partial charge in [-0.15, -0.1) is 0 Å². The number of carbonyl (C=O) groups excluding carboxylic acids is 3. The van der Waals surface area contributed by atoms with Crippen molar-refractivity contribution < 1.29 is 23.9 Å². The van der Waals surface area contributed by atoms with Crippen molar-refractivity contribution in [3.63, 3.8) is 0 Å². The Morgan fingerprint density at radius 1 is 0.971 bits per heavy atom. The van der Waals surface area contributed by atoms with Gasteiger partial charge in [0, 0.05) is 18.7 Å². The Labute approximate surface area is 210 Å². The van der Waals surface area contributed by atoms with Crippen molar-refractivity contribution >= 4 is 17.8 Å². The number of nitrogens with one attached hydrogen (secondary N) is 1. The van der Waals surface area contributed by atoms with Gasteiger partial charge in [0.05, 0.1) is 19.1 Å². The van der Waals surface area contributed by atoms with Crippen LogP contribution < -0.4 is 10.1 Å². The second-order valence-corrected chi connectivity index (χ2v) is 9.60. The average Bonchev–Trinajstić information content (AvgIpc) is 2.83. The predicted molar refractivity (Wildman–Crippen MR) is 137 cm³/mol. The largest absolute Gasteiger partial charge is 0.491 e. The smallest absolute Gasteiger partial charge is 0.308 e. The summed E-state index contributed by atoms with van der Waals surface area (Å²) >= 11 is 0. The lowest BCUT2D eigenvalue weighted by Gasteiger charge is -2.34. The summed E-state index contributed by atoms with van der Waals surface area (Å²) in [5.41, 5.74) is 0.458. The highest BCUT2D eigenvalue weighted by molar-refractivity contribution is 5.99. The number of esters is 1. The number of ether oxygens (including phenoxy) is 2. The highest BCUT2D eigenvalue weighted by Crippen LogP contribution is 2.19. The van der Waals surface area contributed by atoms with Crippen LogP contribution in [0.1, 0.15) is 102 Å². The molecule has 0 radical (unpaired) electrons. The van der Waals surface area contributed by atoms with Crippen LogP contribution in [0.15, 0.2) is 24.3 Å². The maximum atomic E-state index is 13.1. The summed E-state index contributed by atoms with van der Waals surface area (Å²) < 4.78 is 11.0. The summed E-state index contributed by atoms with van der Waals surface area (Å²) in [6.07, 6.45) is 12.0. The molecule has 7 nitrogen and oxygen atoms in total. The molecular formula is C28H44N2O5. The Balaban J connectivity index is 1.73. The Bertz CT molecular complexity index is 778. The van der Waals surface area contributed by atoms with Gasteiger partial charge < -0.3 is 19.7 Å². The molecule has 1 aliphatic rings. The van der Waals surface area contributed by atoms with Crippen LogP contribution >= 0.6 is 0 Å². The number of rotatable bonds is 16. The van der Waals surface area contributed by atoms with E-state index in [2.05, 4.69) is 12.2 Å². The minimum atomic E-state index is -0.858. The third-order valence-corrected chi connectivity index (χ3v) is 6.19. The van der Waals surface area contributed by atoms with Crippen LogP contribution in [0.3, 0.4) is 0 Å². The third kappa shape index (κ3) is 10.7. The Hall–Kier alpha value is -2.57. The third-order valence-electron chi connectivity index (χ3n) is 6.19. The first-order valence-corrected chi connectivity index (χ1v) is 13.4. The topological polar surface area (TPSA) is 84.9 Å². The molecule has 2 amide bonds. The van der Waals surface area contributed by atoms with Gasteiger partial charge in [-0.05, 0) is 44.5 Å². The summed E-state index contributed by atoms with van der Waals surface area (Å²) in [5.74, 6) is -0.356. The van der Waals surface area contributed by atoms with Crippen molar-refractivity contribution in [3.05, 3.63) is 29.8 Å². The van der Waals surface area contributed by atoms with E-state index in [-0.39, 0.29) is 24.3 Å². The van der Waals surface area contributed by atoms with Crippen LogP contribution in [0.25, 0.3) is 0 Å². The van der Waals surface area contributed by atoms with Crippen LogP contribution in [0.5, 0.6) is 5.75 Å². The lowest BCUT2D eigenvalue weighted by Crippen LogP contribution is -2.57. The molecule has 1 atom stereocenters. The monoisotopic (exact) mass is 488 g/mol. The van der Waals surface area contributed by atoms with Gasteiger partial charge in [0.25, 0.3) is 5.91 Å². The highest BCUT2D eigenvalue weighted by atomic mass is 16.5. The molecule has 0 saturated carbocycles. The molecule has 2 rings (SSSR count). The maximum Gasteiger partial charge on any atom is 0.308 e. The van der Waals surface area contributed by atoms with Gasteiger partial charge in [0.2, 0.25) is 5.91 Å². The number of unbranched alkanes of at least 4 members (excludes halogenated alkanes) is 9. The van der Waals surface area contributed by atoms with Crippen molar-refractivity contribution in [2.24, 2.45) is 0 Å². The summed E-state index contributed by atoms with van der Waals surface area (Å²) in [6, 6.07) is 6.00. The molecule has 0 bridgehead atoms. The van der Waals surface area contributed by atoms with Gasteiger partial charge in [-0.3, -0.25) is 14.4 Å². The van der Waals surface area contributed by atoms with E-state index in [9.17, 15) is 14.4 Å². The van der Waals surface area contributed by atoms with E-state index in [1.807, 2.05) is 13.8 Å². The molecule has 1 N–H and O–H groups in total. The molecule has 0 spiro atoms. The van der Waals surface area contributed by atoms with Crippen molar-refractivity contribution in [1.29, 1.82) is 0 Å². The molecular weight excluding hydrogens is 444 g/mol. The number of amides is 2. The summed E-state index contributed by atoms with van der Waals surface area (Å²) in [6.45, 7) is 7.18. The zero-order valence-electron chi connectivity index (χ0n) is 21.9. The number of hydrogen-bond donors (Lipinski definition) is 1. The van der Waals surface area contributed by atoms with Gasteiger partial charge in [-0.1, -0.05) is 64.7 Å². The molecule has 1 aromatic rings. The number of nitrogens with zero attached hydrogens (tertiary/aromatic N) is 1. The van der Waals surface area contributed by atoms with Crippen LogP contribution in [-0.4, -0.2) is 54.5 Å². The zero-order valence-corrected chi connectivity index (χ0v) is 21.9. The number of carbonyl (C=O) groups is 3. The molecule has 1 aromatic carbocycles. The molecule has 35 heavy (non-hydrogen) atoms. The van der Waals surface area contributed by atoms with E-state index in [1.165, 1.54) is 49.8 Å². The van der Waals surface area contributed by atoms with E-state index in [4.69, 9.17) is 9.47 Å². The van der Waals surface area contributed by atoms with Gasteiger partial charge in [-0.25, -0.2) is 0 Å². The second kappa shape index (κ2) is 16.2. The summed E-state index contributed by atoms with van der Waals surface area (Å²) in [5, 5.41) is 2.76. The average molecular weight is 489 g/mol. The number of hydrogen-bond acceptors (Lipinski definition) is 5. The first kappa shape index (κ1) is 28.7. The highest BCUT2D eigenvalue weighted by Gasteiger charge is 2.35. The number of benzene rings is 1. The molecule has 0 aromatic heterocycles. The van der Waals surface area contributed by atoms with E-state index in [0.29, 0.717) is 31.0 Å². The van der Waals surface area contributed by atoms with Crippen molar-refractivity contribution in [2.75, 3.05) is 19.7 Å². The lowest BCUT2D eigenvalue weighted by atomic mass is 10.1. The fourth-order valence-electron chi connectivity index (χ4n) is 4.27. The molecule has 7 heteroatoms. The quantitative estimate of drug-likeness (QED) is 0.253. The first-order chi connectivity index (χ1) is 16.9. The standard InChI is InChI=1S/C28H44N2O5/c1-4-5-6-7-8-9-10-11-12-13-20-34-26(31)21-25-27(32)29-18-19-30(25)28(33)23-14-16-24(17-15-23)35-22(2)3/h14-17,22,25H,4-13,18-21H2,1-3H3,(H,29,32). The molecule has 1 aliphatic heterocycles. The molecule has 1 unspecified atom stereocenters. The minimum Gasteiger partial charge on any atom is -0.491 e. The normalized spacial score (nSPS) is 15.7. The Kier molecular flexibility index (Phi) is 13.2. The molecule has 196 valence electrons. The fraction of sp³-hybridized carbons (Fsp3) is 0.679. The second-order valence-electron chi connectivity index (χ2n) is 9.60. The zero-order chi connectivity index (χ0) is 25.5. The molecule has 1 fully saturated rings. The van der Waals surface area contributed by atoms with Crippen molar-refractivity contribution in [3.8, 4) is 5.75 Å².